The van der Waals surface area contributed by atoms with E-state index in [-0.39, 0.29) is 5.91 Å². The highest BCUT2D eigenvalue weighted by molar-refractivity contribution is 7.98. The summed E-state index contributed by atoms with van der Waals surface area (Å²) in [6, 6.07) is 15.5. The Morgan fingerprint density at radius 2 is 1.79 bits per heavy atom. The van der Waals surface area contributed by atoms with Crippen molar-refractivity contribution in [3.8, 4) is 11.4 Å². The SMILES string of the molecule is COCCn1c(SCc2ccc(C(=O)N3CCN(C)CC3)cc2)nnc1-c1ccccc1Cl. The number of amides is 1. The number of carbonyl (C=O) groups excluding carboxylic acids is 1. The minimum absolute atomic E-state index is 0.103. The molecule has 1 aromatic heterocycles. The third kappa shape index (κ3) is 5.76. The molecule has 1 aliphatic rings. The molecule has 7 nitrogen and oxygen atoms in total. The molecule has 0 bridgehead atoms. The lowest BCUT2D eigenvalue weighted by Crippen LogP contribution is -2.47. The van der Waals surface area contributed by atoms with E-state index in [0.29, 0.717) is 18.2 Å². The number of benzene rings is 2. The number of methoxy groups -OCH3 is 1. The molecule has 2 heterocycles. The number of nitrogens with zero attached hydrogens (tertiary/aromatic N) is 5. The Morgan fingerprint density at radius 1 is 1.06 bits per heavy atom. The van der Waals surface area contributed by atoms with E-state index in [9.17, 15) is 4.79 Å². The molecule has 0 aliphatic carbocycles. The van der Waals surface area contributed by atoms with Gasteiger partial charge in [0.05, 0.1) is 18.2 Å². The van der Waals surface area contributed by atoms with Gasteiger partial charge < -0.3 is 14.5 Å². The van der Waals surface area contributed by atoms with Crippen molar-refractivity contribution in [3.05, 3.63) is 64.7 Å². The monoisotopic (exact) mass is 485 g/mol. The molecule has 1 amide bonds. The second-order valence-corrected chi connectivity index (χ2v) is 9.36. The van der Waals surface area contributed by atoms with Crippen molar-refractivity contribution in [1.82, 2.24) is 24.6 Å². The third-order valence-electron chi connectivity index (χ3n) is 5.71. The quantitative estimate of drug-likeness (QED) is 0.450. The van der Waals surface area contributed by atoms with Crippen molar-refractivity contribution < 1.29 is 9.53 Å². The minimum Gasteiger partial charge on any atom is -0.383 e. The van der Waals surface area contributed by atoms with Gasteiger partial charge in [-0.3, -0.25) is 9.36 Å². The largest absolute Gasteiger partial charge is 0.383 e. The summed E-state index contributed by atoms with van der Waals surface area (Å²) in [4.78, 5) is 16.9. The van der Waals surface area contributed by atoms with Crippen LogP contribution in [-0.4, -0.2) is 77.4 Å². The maximum Gasteiger partial charge on any atom is 0.253 e. The fraction of sp³-hybridized carbons (Fsp3) is 0.375. The summed E-state index contributed by atoms with van der Waals surface area (Å²) in [5.41, 5.74) is 2.70. The van der Waals surface area contributed by atoms with Gasteiger partial charge in [-0.15, -0.1) is 10.2 Å². The van der Waals surface area contributed by atoms with Crippen LogP contribution >= 0.6 is 23.4 Å². The van der Waals surface area contributed by atoms with Crippen molar-refractivity contribution >= 4 is 29.3 Å². The molecule has 0 spiro atoms. The van der Waals surface area contributed by atoms with Crippen molar-refractivity contribution in [2.45, 2.75) is 17.5 Å². The number of aromatic nitrogens is 3. The number of rotatable bonds is 8. The molecule has 0 radical (unpaired) electrons. The highest BCUT2D eigenvalue weighted by Crippen LogP contribution is 2.30. The van der Waals surface area contributed by atoms with Crippen LogP contribution in [0.1, 0.15) is 15.9 Å². The van der Waals surface area contributed by atoms with E-state index in [1.165, 1.54) is 0 Å². The zero-order chi connectivity index (χ0) is 23.2. The maximum absolute atomic E-state index is 12.8. The molecule has 0 N–H and O–H groups in total. The minimum atomic E-state index is 0.103. The first-order chi connectivity index (χ1) is 16.1. The zero-order valence-electron chi connectivity index (χ0n) is 18.9. The Labute approximate surface area is 203 Å². The van der Waals surface area contributed by atoms with E-state index in [1.807, 2.05) is 58.0 Å². The van der Waals surface area contributed by atoms with Crippen LogP contribution in [0.2, 0.25) is 5.02 Å². The number of ether oxygens (including phenoxy) is 1. The van der Waals surface area contributed by atoms with Gasteiger partial charge in [0, 0.05) is 50.2 Å². The lowest BCUT2D eigenvalue weighted by Gasteiger charge is -2.32. The Hall–Kier alpha value is -2.39. The fourth-order valence-corrected chi connectivity index (χ4v) is 4.85. The summed E-state index contributed by atoms with van der Waals surface area (Å²) in [7, 11) is 3.76. The topological polar surface area (TPSA) is 63.5 Å². The van der Waals surface area contributed by atoms with Crippen molar-refractivity contribution in [1.29, 1.82) is 0 Å². The molecule has 0 atom stereocenters. The normalized spacial score (nSPS) is 14.6. The molecule has 0 saturated carbocycles. The van der Waals surface area contributed by atoms with Crippen LogP contribution < -0.4 is 0 Å². The van der Waals surface area contributed by atoms with Gasteiger partial charge in [0.2, 0.25) is 0 Å². The number of carbonyl (C=O) groups is 1. The van der Waals surface area contributed by atoms with Crippen LogP contribution in [-0.2, 0) is 17.0 Å². The summed E-state index contributed by atoms with van der Waals surface area (Å²) in [6.07, 6.45) is 0. The predicted octanol–water partition coefficient (Wildman–Crippen LogP) is 3.92. The average molecular weight is 486 g/mol. The van der Waals surface area contributed by atoms with Crippen LogP contribution in [0, 0.1) is 0 Å². The van der Waals surface area contributed by atoms with Gasteiger partial charge in [0.15, 0.2) is 11.0 Å². The summed E-state index contributed by atoms with van der Waals surface area (Å²) in [5.74, 6) is 1.55. The Morgan fingerprint density at radius 3 is 2.48 bits per heavy atom. The molecule has 1 aliphatic heterocycles. The Bertz CT molecular complexity index is 1080. The highest BCUT2D eigenvalue weighted by Gasteiger charge is 2.20. The highest BCUT2D eigenvalue weighted by atomic mass is 35.5. The molecule has 174 valence electrons. The van der Waals surface area contributed by atoms with Gasteiger partial charge in [-0.1, -0.05) is 47.6 Å². The third-order valence-corrected chi connectivity index (χ3v) is 7.08. The molecular weight excluding hydrogens is 458 g/mol. The molecule has 1 saturated heterocycles. The first-order valence-corrected chi connectivity index (χ1v) is 12.3. The molecule has 4 rings (SSSR count). The van der Waals surface area contributed by atoms with E-state index in [2.05, 4.69) is 22.1 Å². The maximum atomic E-state index is 12.8. The van der Waals surface area contributed by atoms with Gasteiger partial charge in [-0.2, -0.15) is 0 Å². The molecule has 0 unspecified atom stereocenters. The molecule has 33 heavy (non-hydrogen) atoms. The molecular formula is C24H28ClN5O2S. The lowest BCUT2D eigenvalue weighted by molar-refractivity contribution is 0.0664. The Balaban J connectivity index is 1.44. The van der Waals surface area contributed by atoms with Crippen molar-refractivity contribution in [2.24, 2.45) is 0 Å². The van der Waals surface area contributed by atoms with Gasteiger partial charge >= 0.3 is 0 Å². The van der Waals surface area contributed by atoms with Crippen molar-refractivity contribution in [2.75, 3.05) is 46.9 Å². The molecule has 1 fully saturated rings. The van der Waals surface area contributed by atoms with Gasteiger partial charge in [0.25, 0.3) is 5.91 Å². The number of hydrogen-bond acceptors (Lipinski definition) is 6. The average Bonchev–Trinajstić information content (AvgIpc) is 3.24. The van der Waals surface area contributed by atoms with E-state index in [1.54, 1.807) is 18.9 Å². The summed E-state index contributed by atoms with van der Waals surface area (Å²) >= 11 is 8.00. The Kier molecular flexibility index (Phi) is 8.03. The van der Waals surface area contributed by atoms with Crippen LogP contribution in [0.15, 0.2) is 53.7 Å². The van der Waals surface area contributed by atoms with Gasteiger partial charge in [0.1, 0.15) is 0 Å². The number of hydrogen-bond donors (Lipinski definition) is 0. The lowest BCUT2D eigenvalue weighted by atomic mass is 10.1. The molecule has 3 aromatic rings. The van der Waals surface area contributed by atoms with E-state index in [0.717, 1.165) is 59.6 Å². The van der Waals surface area contributed by atoms with E-state index < -0.39 is 0 Å². The molecule has 9 heteroatoms. The summed E-state index contributed by atoms with van der Waals surface area (Å²) in [5, 5.41) is 10.3. The summed E-state index contributed by atoms with van der Waals surface area (Å²) in [6.45, 7) is 4.56. The number of piperazine rings is 1. The van der Waals surface area contributed by atoms with E-state index >= 15 is 0 Å². The number of likely N-dealkylation sites (N-methyl/N-ethyl adjacent to an activating group) is 1. The zero-order valence-corrected chi connectivity index (χ0v) is 20.5. The first kappa shape index (κ1) is 23.8. The number of halogens is 1. The van der Waals surface area contributed by atoms with E-state index in [4.69, 9.17) is 16.3 Å². The van der Waals surface area contributed by atoms with Crippen LogP contribution in [0.5, 0.6) is 0 Å². The number of thioether (sulfide) groups is 1. The van der Waals surface area contributed by atoms with Crippen molar-refractivity contribution in [3.63, 3.8) is 0 Å². The smallest absolute Gasteiger partial charge is 0.253 e. The van der Waals surface area contributed by atoms with Crippen LogP contribution in [0.25, 0.3) is 11.4 Å². The van der Waals surface area contributed by atoms with Gasteiger partial charge in [-0.25, -0.2) is 0 Å². The second kappa shape index (κ2) is 11.2. The summed E-state index contributed by atoms with van der Waals surface area (Å²) < 4.78 is 7.33. The van der Waals surface area contributed by atoms with Crippen LogP contribution in [0.4, 0.5) is 0 Å². The van der Waals surface area contributed by atoms with Crippen LogP contribution in [0.3, 0.4) is 0 Å². The predicted molar refractivity (Wildman–Crippen MR) is 132 cm³/mol. The first-order valence-electron chi connectivity index (χ1n) is 10.9. The fourth-order valence-electron chi connectivity index (χ4n) is 3.70. The standard InChI is InChI=1S/C24H28ClN5O2S/c1-28-11-13-29(14-12-28)23(31)19-9-7-18(8-10-19)17-33-24-27-26-22(30(24)15-16-32-2)20-5-3-4-6-21(20)25/h3-10H,11-17H2,1-2H3. The second-order valence-electron chi connectivity index (χ2n) is 8.01. The molecule has 2 aromatic carbocycles. The van der Waals surface area contributed by atoms with Gasteiger partial charge in [-0.05, 0) is 36.9 Å².